The molecule has 3 aromatic heterocycles. The second-order valence-corrected chi connectivity index (χ2v) is 6.07. The minimum Gasteiger partial charge on any atom is -0.368 e. The molecule has 0 saturated carbocycles. The number of aryl methyl sites for hydroxylation is 1. The van der Waals surface area contributed by atoms with Gasteiger partial charge < -0.3 is 5.32 Å². The van der Waals surface area contributed by atoms with E-state index >= 15 is 0 Å². The largest absolute Gasteiger partial charge is 0.368 e. The molecule has 27 heavy (non-hydrogen) atoms. The standard InChI is InChI=1S/C20H18N6O/c1-14-23-19-16(8-5-11-21-19)20(24-14)22-12-13-26-18(27)10-9-17(25-26)15-6-3-2-4-7-15/h2-11H,12-13H2,1H3,(H,21,22,23,24). The zero-order valence-corrected chi connectivity index (χ0v) is 14.8. The van der Waals surface area contributed by atoms with Gasteiger partial charge in [-0.1, -0.05) is 30.3 Å². The molecule has 0 aliphatic heterocycles. The van der Waals surface area contributed by atoms with E-state index in [9.17, 15) is 4.79 Å². The van der Waals surface area contributed by atoms with E-state index in [-0.39, 0.29) is 5.56 Å². The number of nitrogens with zero attached hydrogens (tertiary/aromatic N) is 5. The van der Waals surface area contributed by atoms with Gasteiger partial charge in [0, 0.05) is 24.4 Å². The average Bonchev–Trinajstić information content (AvgIpc) is 2.70. The first-order valence-electron chi connectivity index (χ1n) is 8.67. The third-order valence-corrected chi connectivity index (χ3v) is 4.14. The highest BCUT2D eigenvalue weighted by molar-refractivity contribution is 5.86. The van der Waals surface area contributed by atoms with Crippen LogP contribution < -0.4 is 10.9 Å². The average molecular weight is 358 g/mol. The number of fused-ring (bicyclic) bond motifs is 1. The molecule has 1 N–H and O–H groups in total. The fraction of sp³-hybridized carbons (Fsp3) is 0.150. The van der Waals surface area contributed by atoms with Crippen molar-refractivity contribution < 1.29 is 0 Å². The normalized spacial score (nSPS) is 10.9. The molecule has 0 aliphatic rings. The first kappa shape index (κ1) is 16.8. The molecular formula is C20H18N6O. The van der Waals surface area contributed by atoms with Gasteiger partial charge in [0.1, 0.15) is 11.6 Å². The minimum absolute atomic E-state index is 0.137. The van der Waals surface area contributed by atoms with E-state index in [1.54, 1.807) is 18.3 Å². The summed E-state index contributed by atoms with van der Waals surface area (Å²) in [5.74, 6) is 1.35. The maximum absolute atomic E-state index is 12.1. The lowest BCUT2D eigenvalue weighted by atomic mass is 10.1. The number of benzene rings is 1. The summed E-state index contributed by atoms with van der Waals surface area (Å²) in [6.45, 7) is 2.75. The van der Waals surface area contributed by atoms with Gasteiger partial charge in [-0.25, -0.2) is 19.6 Å². The van der Waals surface area contributed by atoms with Crippen molar-refractivity contribution >= 4 is 16.9 Å². The number of hydrogen-bond donors (Lipinski definition) is 1. The Morgan fingerprint density at radius 1 is 1.00 bits per heavy atom. The lowest BCUT2D eigenvalue weighted by molar-refractivity contribution is 0.600. The molecule has 3 heterocycles. The summed E-state index contributed by atoms with van der Waals surface area (Å²) < 4.78 is 1.46. The van der Waals surface area contributed by atoms with Gasteiger partial charge in [0.15, 0.2) is 5.65 Å². The number of nitrogens with one attached hydrogen (secondary N) is 1. The summed E-state index contributed by atoms with van der Waals surface area (Å²) in [7, 11) is 0. The maximum Gasteiger partial charge on any atom is 0.266 e. The van der Waals surface area contributed by atoms with Crippen LogP contribution in [0.3, 0.4) is 0 Å². The minimum atomic E-state index is -0.137. The third-order valence-electron chi connectivity index (χ3n) is 4.14. The zero-order chi connectivity index (χ0) is 18.6. The highest BCUT2D eigenvalue weighted by Crippen LogP contribution is 2.18. The molecule has 0 radical (unpaired) electrons. The van der Waals surface area contributed by atoms with Crippen LogP contribution in [0.1, 0.15) is 5.82 Å². The molecule has 0 bridgehead atoms. The van der Waals surface area contributed by atoms with E-state index < -0.39 is 0 Å². The molecule has 0 unspecified atom stereocenters. The second kappa shape index (κ2) is 7.33. The predicted molar refractivity (Wildman–Crippen MR) is 104 cm³/mol. The maximum atomic E-state index is 12.1. The Bertz CT molecular complexity index is 1140. The van der Waals surface area contributed by atoms with Gasteiger partial charge in [-0.05, 0) is 25.1 Å². The van der Waals surface area contributed by atoms with Crippen LogP contribution in [0.5, 0.6) is 0 Å². The number of rotatable bonds is 5. The number of pyridine rings is 1. The summed E-state index contributed by atoms with van der Waals surface area (Å²) in [5.41, 5.74) is 2.25. The van der Waals surface area contributed by atoms with Crippen LogP contribution in [0.2, 0.25) is 0 Å². The lowest BCUT2D eigenvalue weighted by Crippen LogP contribution is -2.26. The smallest absolute Gasteiger partial charge is 0.266 e. The van der Waals surface area contributed by atoms with Gasteiger partial charge in [-0.2, -0.15) is 5.10 Å². The molecule has 4 aromatic rings. The topological polar surface area (TPSA) is 85.6 Å². The zero-order valence-electron chi connectivity index (χ0n) is 14.8. The predicted octanol–water partition coefficient (Wildman–Crippen LogP) is 2.67. The van der Waals surface area contributed by atoms with Crippen molar-refractivity contribution in [1.82, 2.24) is 24.7 Å². The number of aromatic nitrogens is 5. The molecule has 0 fully saturated rings. The summed E-state index contributed by atoms with van der Waals surface area (Å²) in [6.07, 6.45) is 1.71. The summed E-state index contributed by atoms with van der Waals surface area (Å²) in [5, 5.41) is 8.59. The Morgan fingerprint density at radius 3 is 2.70 bits per heavy atom. The molecule has 0 spiro atoms. The molecule has 7 nitrogen and oxygen atoms in total. The van der Waals surface area contributed by atoms with Crippen LogP contribution >= 0.6 is 0 Å². The van der Waals surface area contributed by atoms with Crippen LogP contribution in [-0.2, 0) is 6.54 Å². The van der Waals surface area contributed by atoms with E-state index in [2.05, 4.69) is 25.4 Å². The Kier molecular flexibility index (Phi) is 4.57. The Labute approximate surface area is 155 Å². The van der Waals surface area contributed by atoms with Gasteiger partial charge in [-0.3, -0.25) is 4.79 Å². The van der Waals surface area contributed by atoms with E-state index in [1.807, 2.05) is 49.4 Å². The highest BCUT2D eigenvalue weighted by Gasteiger charge is 2.07. The quantitative estimate of drug-likeness (QED) is 0.590. The highest BCUT2D eigenvalue weighted by atomic mass is 16.1. The van der Waals surface area contributed by atoms with Gasteiger partial charge in [0.2, 0.25) is 0 Å². The van der Waals surface area contributed by atoms with E-state index in [4.69, 9.17) is 0 Å². The number of hydrogen-bond acceptors (Lipinski definition) is 6. The second-order valence-electron chi connectivity index (χ2n) is 6.07. The Hall–Kier alpha value is -3.61. The van der Waals surface area contributed by atoms with Gasteiger partial charge >= 0.3 is 0 Å². The van der Waals surface area contributed by atoms with Crippen LogP contribution in [0, 0.1) is 6.92 Å². The molecular weight excluding hydrogens is 340 g/mol. The van der Waals surface area contributed by atoms with Crippen molar-refractivity contribution in [2.24, 2.45) is 0 Å². The fourth-order valence-corrected chi connectivity index (χ4v) is 2.86. The van der Waals surface area contributed by atoms with Crippen molar-refractivity contribution in [1.29, 1.82) is 0 Å². The SMILES string of the molecule is Cc1nc(NCCn2nc(-c3ccccc3)ccc2=O)c2cccnc2n1. The molecule has 0 atom stereocenters. The summed E-state index contributed by atoms with van der Waals surface area (Å²) >= 11 is 0. The van der Waals surface area contributed by atoms with Crippen molar-refractivity contribution in [2.75, 3.05) is 11.9 Å². The van der Waals surface area contributed by atoms with Crippen LogP contribution in [0.4, 0.5) is 5.82 Å². The molecule has 134 valence electrons. The van der Waals surface area contributed by atoms with Crippen LogP contribution in [0.15, 0.2) is 65.6 Å². The van der Waals surface area contributed by atoms with Gasteiger partial charge in [0.25, 0.3) is 5.56 Å². The van der Waals surface area contributed by atoms with E-state index in [1.165, 1.54) is 4.68 Å². The van der Waals surface area contributed by atoms with Crippen molar-refractivity contribution in [2.45, 2.75) is 13.5 Å². The van der Waals surface area contributed by atoms with Crippen molar-refractivity contribution in [3.05, 3.63) is 77.0 Å². The first-order chi connectivity index (χ1) is 13.2. The molecule has 1 aromatic carbocycles. The first-order valence-corrected chi connectivity index (χ1v) is 8.67. The molecule has 4 rings (SSSR count). The summed E-state index contributed by atoms with van der Waals surface area (Å²) in [4.78, 5) is 25.2. The van der Waals surface area contributed by atoms with Crippen LogP contribution in [-0.4, -0.2) is 31.3 Å². The van der Waals surface area contributed by atoms with Gasteiger partial charge in [-0.15, -0.1) is 0 Å². The Balaban J connectivity index is 1.54. The third kappa shape index (κ3) is 3.67. The molecule has 0 saturated heterocycles. The molecule has 0 amide bonds. The fourth-order valence-electron chi connectivity index (χ4n) is 2.86. The van der Waals surface area contributed by atoms with Gasteiger partial charge in [0.05, 0.1) is 17.6 Å². The molecule has 0 aliphatic carbocycles. The lowest BCUT2D eigenvalue weighted by Gasteiger charge is -2.10. The monoisotopic (exact) mass is 358 g/mol. The van der Waals surface area contributed by atoms with Crippen molar-refractivity contribution in [3.63, 3.8) is 0 Å². The summed E-state index contributed by atoms with van der Waals surface area (Å²) in [6, 6.07) is 16.8. The molecule has 7 heteroatoms. The van der Waals surface area contributed by atoms with E-state index in [0.29, 0.717) is 30.4 Å². The number of anilines is 1. The van der Waals surface area contributed by atoms with Crippen LogP contribution in [0.25, 0.3) is 22.3 Å². The Morgan fingerprint density at radius 2 is 1.85 bits per heavy atom. The van der Waals surface area contributed by atoms with Crippen molar-refractivity contribution in [3.8, 4) is 11.3 Å². The van der Waals surface area contributed by atoms with E-state index in [0.717, 1.165) is 16.6 Å².